The zero-order chi connectivity index (χ0) is 14.3. The lowest BCUT2D eigenvalue weighted by atomic mass is 10.2. The minimum Gasteiger partial charge on any atom is -0.480 e. The number of rotatable bonds is 7. The van der Waals surface area contributed by atoms with E-state index in [1.54, 1.807) is 13.0 Å². The number of thioether (sulfide) groups is 1. The van der Waals surface area contributed by atoms with Crippen LogP contribution in [0.15, 0.2) is 24.3 Å². The highest BCUT2D eigenvalue weighted by atomic mass is 35.5. The summed E-state index contributed by atoms with van der Waals surface area (Å²) in [6.45, 7) is 1.72. The second-order valence-corrected chi connectivity index (χ2v) is 5.41. The van der Waals surface area contributed by atoms with Gasteiger partial charge in [-0.1, -0.05) is 30.7 Å². The quantitative estimate of drug-likeness (QED) is 0.812. The van der Waals surface area contributed by atoms with Crippen molar-refractivity contribution in [2.45, 2.75) is 25.1 Å². The van der Waals surface area contributed by atoms with E-state index in [0.717, 1.165) is 5.56 Å². The molecule has 4 nitrogen and oxygen atoms in total. The predicted molar refractivity (Wildman–Crippen MR) is 77.5 cm³/mol. The molecular weight excluding hydrogens is 286 g/mol. The molecule has 1 rings (SSSR count). The standard InChI is InChI=1S/C13H16ClNO3S/c1-2-11(13(17)18)15-12(16)8-19-7-9-4-3-5-10(14)6-9/h3-6,11H,2,7-8H2,1H3,(H,15,16)(H,17,18)/t11-/m1/s1. The summed E-state index contributed by atoms with van der Waals surface area (Å²) < 4.78 is 0. The number of carboxylic acids is 1. The van der Waals surface area contributed by atoms with Gasteiger partial charge in [0.1, 0.15) is 6.04 Å². The summed E-state index contributed by atoms with van der Waals surface area (Å²) in [5.74, 6) is -0.370. The molecule has 0 heterocycles. The number of aliphatic carboxylic acids is 1. The number of hydrogen-bond donors (Lipinski definition) is 2. The van der Waals surface area contributed by atoms with Gasteiger partial charge in [-0.25, -0.2) is 4.79 Å². The maximum atomic E-state index is 11.6. The molecule has 0 radical (unpaired) electrons. The van der Waals surface area contributed by atoms with Crippen LogP contribution in [-0.4, -0.2) is 28.8 Å². The lowest BCUT2D eigenvalue weighted by molar-refractivity contribution is -0.141. The molecule has 2 N–H and O–H groups in total. The Kier molecular flexibility index (Phi) is 6.73. The molecule has 0 aliphatic carbocycles. The van der Waals surface area contributed by atoms with Gasteiger partial charge in [-0.2, -0.15) is 0 Å². The van der Waals surface area contributed by atoms with E-state index in [-0.39, 0.29) is 11.7 Å². The summed E-state index contributed by atoms with van der Waals surface area (Å²) >= 11 is 7.28. The molecule has 0 aliphatic heterocycles. The van der Waals surface area contributed by atoms with Crippen LogP contribution >= 0.6 is 23.4 Å². The van der Waals surface area contributed by atoms with Crippen molar-refractivity contribution in [3.63, 3.8) is 0 Å². The molecule has 1 amide bonds. The van der Waals surface area contributed by atoms with Crippen LogP contribution in [0, 0.1) is 0 Å². The molecule has 104 valence electrons. The van der Waals surface area contributed by atoms with Crippen LogP contribution in [-0.2, 0) is 15.3 Å². The Bertz CT molecular complexity index is 453. The topological polar surface area (TPSA) is 66.4 Å². The molecule has 19 heavy (non-hydrogen) atoms. The number of halogens is 1. The summed E-state index contributed by atoms with van der Waals surface area (Å²) in [5, 5.41) is 12.0. The van der Waals surface area contributed by atoms with Crippen molar-refractivity contribution in [1.29, 1.82) is 0 Å². The van der Waals surface area contributed by atoms with E-state index < -0.39 is 12.0 Å². The van der Waals surface area contributed by atoms with Gasteiger partial charge in [0.05, 0.1) is 5.75 Å². The summed E-state index contributed by atoms with van der Waals surface area (Å²) in [4.78, 5) is 22.3. The Morgan fingerprint density at radius 1 is 1.47 bits per heavy atom. The minimum absolute atomic E-state index is 0.232. The van der Waals surface area contributed by atoms with Crippen LogP contribution in [0.2, 0.25) is 5.02 Å². The van der Waals surface area contributed by atoms with Gasteiger partial charge in [-0.3, -0.25) is 4.79 Å². The highest BCUT2D eigenvalue weighted by Gasteiger charge is 2.17. The first kappa shape index (κ1) is 15.9. The maximum absolute atomic E-state index is 11.6. The number of nitrogens with one attached hydrogen (secondary N) is 1. The zero-order valence-corrected chi connectivity index (χ0v) is 12.1. The van der Waals surface area contributed by atoms with E-state index in [1.807, 2.05) is 18.2 Å². The van der Waals surface area contributed by atoms with Crippen LogP contribution in [0.4, 0.5) is 0 Å². The van der Waals surface area contributed by atoms with Gasteiger partial charge in [0.25, 0.3) is 0 Å². The average molecular weight is 302 g/mol. The molecule has 0 fully saturated rings. The van der Waals surface area contributed by atoms with E-state index in [0.29, 0.717) is 17.2 Å². The van der Waals surface area contributed by atoms with Gasteiger partial charge < -0.3 is 10.4 Å². The second kappa shape index (κ2) is 8.07. The Morgan fingerprint density at radius 3 is 2.79 bits per heavy atom. The van der Waals surface area contributed by atoms with E-state index in [2.05, 4.69) is 5.32 Å². The lowest BCUT2D eigenvalue weighted by Gasteiger charge is -2.11. The van der Waals surface area contributed by atoms with Crippen LogP contribution in [0.5, 0.6) is 0 Å². The molecule has 0 aromatic heterocycles. The highest BCUT2D eigenvalue weighted by Crippen LogP contribution is 2.16. The van der Waals surface area contributed by atoms with E-state index in [9.17, 15) is 9.59 Å². The Labute approximate surface area is 121 Å². The molecule has 0 saturated heterocycles. The molecule has 1 aromatic carbocycles. The third kappa shape index (κ3) is 5.98. The number of amides is 1. The normalized spacial score (nSPS) is 11.9. The lowest BCUT2D eigenvalue weighted by Crippen LogP contribution is -2.41. The number of carbonyl (C=O) groups is 2. The third-order valence-electron chi connectivity index (χ3n) is 2.43. The SMILES string of the molecule is CC[C@@H](NC(=O)CSCc1cccc(Cl)c1)C(=O)O. The van der Waals surface area contributed by atoms with E-state index in [4.69, 9.17) is 16.7 Å². The first-order valence-electron chi connectivity index (χ1n) is 5.87. The predicted octanol–water partition coefficient (Wildman–Crippen LogP) is 2.55. The number of carboxylic acid groups (broad SMARTS) is 1. The van der Waals surface area contributed by atoms with Crippen molar-refractivity contribution in [2.24, 2.45) is 0 Å². The van der Waals surface area contributed by atoms with E-state index >= 15 is 0 Å². The fourth-order valence-corrected chi connectivity index (χ4v) is 2.46. The van der Waals surface area contributed by atoms with Crippen LogP contribution in [0.25, 0.3) is 0 Å². The van der Waals surface area contributed by atoms with Crippen LogP contribution in [0.1, 0.15) is 18.9 Å². The first-order chi connectivity index (χ1) is 9.02. The van der Waals surface area contributed by atoms with Crippen molar-refractivity contribution >= 4 is 35.2 Å². The summed E-state index contributed by atoms with van der Waals surface area (Å²) in [5.41, 5.74) is 1.04. The monoisotopic (exact) mass is 301 g/mol. The molecular formula is C13H16ClNO3S. The van der Waals surface area contributed by atoms with Gasteiger partial charge >= 0.3 is 5.97 Å². The number of benzene rings is 1. The molecule has 0 unspecified atom stereocenters. The maximum Gasteiger partial charge on any atom is 0.326 e. The molecule has 0 aliphatic rings. The fourth-order valence-electron chi connectivity index (χ4n) is 1.46. The van der Waals surface area contributed by atoms with E-state index in [1.165, 1.54) is 11.8 Å². The van der Waals surface area contributed by atoms with Gasteiger partial charge in [-0.05, 0) is 24.1 Å². The molecule has 0 spiro atoms. The van der Waals surface area contributed by atoms with Crippen LogP contribution < -0.4 is 5.32 Å². The van der Waals surface area contributed by atoms with Gasteiger partial charge in [-0.15, -0.1) is 11.8 Å². The smallest absolute Gasteiger partial charge is 0.326 e. The van der Waals surface area contributed by atoms with Crippen molar-refractivity contribution in [2.75, 3.05) is 5.75 Å². The van der Waals surface area contributed by atoms with Crippen molar-refractivity contribution in [3.8, 4) is 0 Å². The van der Waals surface area contributed by atoms with Gasteiger partial charge in [0.2, 0.25) is 5.91 Å². The molecule has 0 saturated carbocycles. The summed E-state index contributed by atoms with van der Waals surface area (Å²) in [6.07, 6.45) is 0.375. The van der Waals surface area contributed by atoms with Crippen LogP contribution in [0.3, 0.4) is 0 Å². The number of hydrogen-bond acceptors (Lipinski definition) is 3. The zero-order valence-electron chi connectivity index (χ0n) is 10.6. The summed E-state index contributed by atoms with van der Waals surface area (Å²) in [7, 11) is 0. The Hall–Kier alpha value is -1.20. The van der Waals surface area contributed by atoms with Crippen molar-refractivity contribution in [1.82, 2.24) is 5.32 Å². The fraction of sp³-hybridized carbons (Fsp3) is 0.385. The first-order valence-corrected chi connectivity index (χ1v) is 7.40. The molecule has 6 heteroatoms. The minimum atomic E-state index is -1.00. The third-order valence-corrected chi connectivity index (χ3v) is 3.67. The molecule has 1 aromatic rings. The Morgan fingerprint density at radius 2 is 2.21 bits per heavy atom. The average Bonchev–Trinajstić information content (AvgIpc) is 2.35. The second-order valence-electron chi connectivity index (χ2n) is 3.99. The Balaban J connectivity index is 2.33. The van der Waals surface area contributed by atoms with Gasteiger partial charge in [0, 0.05) is 10.8 Å². The van der Waals surface area contributed by atoms with Crippen molar-refractivity contribution in [3.05, 3.63) is 34.9 Å². The van der Waals surface area contributed by atoms with Gasteiger partial charge in [0.15, 0.2) is 0 Å². The summed E-state index contributed by atoms with van der Waals surface area (Å²) in [6, 6.07) is 6.62. The molecule has 0 bridgehead atoms. The van der Waals surface area contributed by atoms with Crippen molar-refractivity contribution < 1.29 is 14.7 Å². The largest absolute Gasteiger partial charge is 0.480 e. The highest BCUT2D eigenvalue weighted by molar-refractivity contribution is 7.99. The molecule has 1 atom stereocenters. The number of carbonyl (C=O) groups excluding carboxylic acids is 1.